The van der Waals surface area contributed by atoms with Gasteiger partial charge in [0.15, 0.2) is 0 Å². The van der Waals surface area contributed by atoms with Gasteiger partial charge < -0.3 is 20.4 Å². The summed E-state index contributed by atoms with van der Waals surface area (Å²) in [6.07, 6.45) is 1.00. The van der Waals surface area contributed by atoms with Crippen LogP contribution in [0.4, 0.5) is 0 Å². The van der Waals surface area contributed by atoms with Crippen molar-refractivity contribution in [3.05, 3.63) is 0 Å². The summed E-state index contributed by atoms with van der Waals surface area (Å²) in [5.74, 6) is 0. The predicted molar refractivity (Wildman–Crippen MR) is 42.4 cm³/mol. The third-order valence-corrected chi connectivity index (χ3v) is 2.84. The zero-order valence-electron chi connectivity index (χ0n) is 7.03. The quantitative estimate of drug-likeness (QED) is 0.430. The van der Waals surface area contributed by atoms with E-state index in [2.05, 4.69) is 0 Å². The molecule has 1 fully saturated rings. The summed E-state index contributed by atoms with van der Waals surface area (Å²) in [5.41, 5.74) is -0.934. The molecular weight excluding hydrogens is 160 g/mol. The highest BCUT2D eigenvalue weighted by Crippen LogP contribution is 2.53. The van der Waals surface area contributed by atoms with Crippen molar-refractivity contribution < 1.29 is 20.4 Å². The van der Waals surface area contributed by atoms with Crippen LogP contribution < -0.4 is 0 Å². The van der Waals surface area contributed by atoms with E-state index in [4.69, 9.17) is 20.4 Å². The van der Waals surface area contributed by atoms with Crippen LogP contribution in [-0.2, 0) is 0 Å². The van der Waals surface area contributed by atoms with E-state index in [1.54, 1.807) is 0 Å². The molecule has 1 aliphatic rings. The minimum Gasteiger partial charge on any atom is -0.396 e. The van der Waals surface area contributed by atoms with E-state index in [1.165, 1.54) is 0 Å². The second-order valence-corrected chi connectivity index (χ2v) is 3.99. The second kappa shape index (κ2) is 3.30. The first-order valence-corrected chi connectivity index (χ1v) is 4.09. The van der Waals surface area contributed by atoms with Crippen molar-refractivity contribution in [3.63, 3.8) is 0 Å². The van der Waals surface area contributed by atoms with Gasteiger partial charge in [0.25, 0.3) is 0 Å². The van der Waals surface area contributed by atoms with Gasteiger partial charge in [0, 0.05) is 10.8 Å². The summed E-state index contributed by atoms with van der Waals surface area (Å²) in [4.78, 5) is 0. The van der Waals surface area contributed by atoms with Crippen LogP contribution in [0.5, 0.6) is 0 Å². The first-order chi connectivity index (χ1) is 5.66. The predicted octanol–water partition coefficient (Wildman–Crippen LogP) is -1.28. The fourth-order valence-corrected chi connectivity index (χ4v) is 2.09. The lowest BCUT2D eigenvalue weighted by Crippen LogP contribution is -2.54. The molecule has 0 amide bonds. The molecule has 0 atom stereocenters. The average Bonchev–Trinajstić information content (AvgIpc) is 2.07. The van der Waals surface area contributed by atoms with Gasteiger partial charge in [-0.15, -0.1) is 0 Å². The maximum atomic E-state index is 8.94. The molecule has 0 aromatic rings. The molecule has 0 aromatic heterocycles. The van der Waals surface area contributed by atoms with Crippen molar-refractivity contribution in [2.75, 3.05) is 26.4 Å². The Hall–Kier alpha value is -0.160. The van der Waals surface area contributed by atoms with Crippen molar-refractivity contribution in [2.24, 2.45) is 10.8 Å². The van der Waals surface area contributed by atoms with Crippen LogP contribution in [0.3, 0.4) is 0 Å². The third-order valence-electron chi connectivity index (χ3n) is 2.84. The summed E-state index contributed by atoms with van der Waals surface area (Å²) in [6, 6.07) is 0. The number of aliphatic hydroxyl groups excluding tert-OH is 4. The monoisotopic (exact) mass is 176 g/mol. The lowest BCUT2D eigenvalue weighted by Gasteiger charge is -2.53. The number of aliphatic hydroxyl groups is 4. The fraction of sp³-hybridized carbons (Fsp3) is 1.00. The molecule has 1 saturated carbocycles. The topological polar surface area (TPSA) is 80.9 Å². The van der Waals surface area contributed by atoms with Gasteiger partial charge in [-0.3, -0.25) is 0 Å². The summed E-state index contributed by atoms with van der Waals surface area (Å²) in [6.45, 7) is -0.312. The summed E-state index contributed by atoms with van der Waals surface area (Å²) >= 11 is 0. The smallest absolute Gasteiger partial charge is 0.0509 e. The Balaban J connectivity index is 2.52. The zero-order valence-corrected chi connectivity index (χ0v) is 7.03. The summed E-state index contributed by atoms with van der Waals surface area (Å²) in [7, 11) is 0. The molecule has 0 aliphatic heterocycles. The van der Waals surface area contributed by atoms with E-state index >= 15 is 0 Å². The zero-order chi connectivity index (χ0) is 9.24. The van der Waals surface area contributed by atoms with Crippen molar-refractivity contribution in [1.82, 2.24) is 0 Å². The van der Waals surface area contributed by atoms with E-state index in [1.807, 2.05) is 0 Å². The Morgan fingerprint density at radius 2 is 0.917 bits per heavy atom. The molecule has 0 aromatic carbocycles. The van der Waals surface area contributed by atoms with Crippen LogP contribution in [0.1, 0.15) is 12.8 Å². The Morgan fingerprint density at radius 3 is 1.08 bits per heavy atom. The largest absolute Gasteiger partial charge is 0.396 e. The van der Waals surface area contributed by atoms with Crippen LogP contribution in [0, 0.1) is 10.8 Å². The molecule has 0 radical (unpaired) electrons. The highest BCUT2D eigenvalue weighted by Gasteiger charge is 2.53. The van der Waals surface area contributed by atoms with Gasteiger partial charge in [0.05, 0.1) is 26.4 Å². The van der Waals surface area contributed by atoms with Gasteiger partial charge in [-0.25, -0.2) is 0 Å². The molecule has 4 nitrogen and oxygen atoms in total. The van der Waals surface area contributed by atoms with Crippen molar-refractivity contribution in [1.29, 1.82) is 0 Å². The Bertz CT molecular complexity index is 123. The Labute approximate surface area is 71.5 Å². The van der Waals surface area contributed by atoms with Crippen molar-refractivity contribution in [3.8, 4) is 0 Å². The Morgan fingerprint density at radius 1 is 0.667 bits per heavy atom. The van der Waals surface area contributed by atoms with Gasteiger partial charge in [-0.2, -0.15) is 0 Å². The third kappa shape index (κ3) is 1.35. The van der Waals surface area contributed by atoms with E-state index in [9.17, 15) is 0 Å². The highest BCUT2D eigenvalue weighted by molar-refractivity contribution is 5.02. The molecule has 72 valence electrons. The fourth-order valence-electron chi connectivity index (χ4n) is 2.09. The van der Waals surface area contributed by atoms with Gasteiger partial charge in [0.2, 0.25) is 0 Å². The molecule has 1 rings (SSSR count). The lowest BCUT2D eigenvalue weighted by atomic mass is 9.54. The minimum atomic E-state index is -0.467. The molecule has 12 heavy (non-hydrogen) atoms. The summed E-state index contributed by atoms with van der Waals surface area (Å²) < 4.78 is 0. The Kier molecular flexibility index (Phi) is 2.73. The normalized spacial score (nSPS) is 25.0. The van der Waals surface area contributed by atoms with Crippen LogP contribution >= 0.6 is 0 Å². The van der Waals surface area contributed by atoms with E-state index in [0.29, 0.717) is 12.8 Å². The van der Waals surface area contributed by atoms with Gasteiger partial charge >= 0.3 is 0 Å². The van der Waals surface area contributed by atoms with Gasteiger partial charge in [-0.1, -0.05) is 0 Å². The molecule has 1 aliphatic carbocycles. The van der Waals surface area contributed by atoms with Crippen LogP contribution in [0.25, 0.3) is 0 Å². The van der Waals surface area contributed by atoms with Crippen LogP contribution in [0.2, 0.25) is 0 Å². The number of hydrogen-bond acceptors (Lipinski definition) is 4. The molecule has 4 N–H and O–H groups in total. The van der Waals surface area contributed by atoms with Crippen molar-refractivity contribution in [2.45, 2.75) is 12.8 Å². The molecule has 0 heterocycles. The molecular formula is C8H16O4. The minimum absolute atomic E-state index is 0.0781. The second-order valence-electron chi connectivity index (χ2n) is 3.99. The molecule has 0 unspecified atom stereocenters. The standard InChI is InChI=1S/C8H16O4/c9-3-7(4-10)1-8(2-7,5-11)6-12/h9-12H,1-6H2. The van der Waals surface area contributed by atoms with E-state index in [0.717, 1.165) is 0 Å². The first-order valence-electron chi connectivity index (χ1n) is 4.09. The molecule has 4 heteroatoms. The molecule has 0 saturated heterocycles. The van der Waals surface area contributed by atoms with E-state index in [-0.39, 0.29) is 26.4 Å². The maximum absolute atomic E-state index is 8.94. The number of hydrogen-bond donors (Lipinski definition) is 4. The van der Waals surface area contributed by atoms with Crippen LogP contribution in [0.15, 0.2) is 0 Å². The van der Waals surface area contributed by atoms with E-state index < -0.39 is 10.8 Å². The van der Waals surface area contributed by atoms with Gasteiger partial charge in [-0.05, 0) is 12.8 Å². The van der Waals surface area contributed by atoms with Crippen molar-refractivity contribution >= 4 is 0 Å². The number of rotatable bonds is 4. The maximum Gasteiger partial charge on any atom is 0.0509 e. The first kappa shape index (κ1) is 9.92. The lowest BCUT2D eigenvalue weighted by molar-refractivity contribution is -0.145. The van der Waals surface area contributed by atoms with Crippen LogP contribution in [-0.4, -0.2) is 46.9 Å². The molecule has 0 bridgehead atoms. The SMILES string of the molecule is OCC1(CO)CC(CO)(CO)C1. The average molecular weight is 176 g/mol. The highest BCUT2D eigenvalue weighted by atomic mass is 16.3. The summed E-state index contributed by atoms with van der Waals surface area (Å²) in [5, 5.41) is 35.7. The molecule has 0 spiro atoms. The van der Waals surface area contributed by atoms with Gasteiger partial charge in [0.1, 0.15) is 0 Å².